The van der Waals surface area contributed by atoms with E-state index in [4.69, 9.17) is 0 Å². The molecule has 0 N–H and O–H groups in total. The van der Waals surface area contributed by atoms with Gasteiger partial charge in [0, 0.05) is 13.1 Å². The molecular formula is C12H17N. The van der Waals surface area contributed by atoms with Crippen LogP contribution in [0.5, 0.6) is 0 Å². The molecule has 1 heterocycles. The van der Waals surface area contributed by atoms with E-state index in [1.165, 1.54) is 11.1 Å². The van der Waals surface area contributed by atoms with Gasteiger partial charge in [0.25, 0.3) is 0 Å². The molecule has 70 valence electrons. The van der Waals surface area contributed by atoms with E-state index in [0.717, 1.165) is 26.1 Å². The van der Waals surface area contributed by atoms with Crippen molar-refractivity contribution >= 4 is 0 Å². The van der Waals surface area contributed by atoms with Crippen molar-refractivity contribution in [3.8, 4) is 0 Å². The smallest absolute Gasteiger partial charge is 0.0240 e. The van der Waals surface area contributed by atoms with Gasteiger partial charge in [-0.2, -0.15) is 0 Å². The lowest BCUT2D eigenvalue weighted by atomic mass is 10.1. The Labute approximate surface area is 80.4 Å². The average molecular weight is 175 g/mol. The first kappa shape index (κ1) is 8.76. The van der Waals surface area contributed by atoms with Crippen LogP contribution in [0, 0.1) is 0 Å². The van der Waals surface area contributed by atoms with Gasteiger partial charge in [0.1, 0.15) is 0 Å². The van der Waals surface area contributed by atoms with Crippen molar-refractivity contribution in [1.29, 1.82) is 0 Å². The standard InChI is InChI=1S/C12H17N/c1-3-10-5-6-11-8-13(4-2)9-12(11)7-10/h5-7H,3-4,8-9H2,1-2H3. The van der Waals surface area contributed by atoms with Crippen molar-refractivity contribution in [2.75, 3.05) is 6.54 Å². The number of hydrogen-bond acceptors (Lipinski definition) is 1. The second kappa shape index (κ2) is 3.51. The van der Waals surface area contributed by atoms with Gasteiger partial charge in [-0.05, 0) is 29.7 Å². The predicted molar refractivity (Wildman–Crippen MR) is 55.6 cm³/mol. The lowest BCUT2D eigenvalue weighted by Crippen LogP contribution is -2.14. The van der Waals surface area contributed by atoms with E-state index < -0.39 is 0 Å². The second-order valence-electron chi connectivity index (χ2n) is 3.76. The Hall–Kier alpha value is -0.820. The van der Waals surface area contributed by atoms with Crippen molar-refractivity contribution in [1.82, 2.24) is 4.90 Å². The van der Waals surface area contributed by atoms with Gasteiger partial charge in [0.05, 0.1) is 0 Å². The number of fused-ring (bicyclic) bond motifs is 1. The third-order valence-corrected chi connectivity index (χ3v) is 2.91. The maximum absolute atomic E-state index is 2.48. The van der Waals surface area contributed by atoms with Crippen LogP contribution in [0.15, 0.2) is 18.2 Å². The molecule has 13 heavy (non-hydrogen) atoms. The fourth-order valence-electron chi connectivity index (χ4n) is 1.96. The summed E-state index contributed by atoms with van der Waals surface area (Å²) in [5.74, 6) is 0. The quantitative estimate of drug-likeness (QED) is 0.667. The minimum atomic E-state index is 1.15. The summed E-state index contributed by atoms with van der Waals surface area (Å²) >= 11 is 0. The second-order valence-corrected chi connectivity index (χ2v) is 3.76. The van der Waals surface area contributed by atoms with Crippen molar-refractivity contribution in [3.05, 3.63) is 34.9 Å². The van der Waals surface area contributed by atoms with Crippen molar-refractivity contribution < 1.29 is 0 Å². The van der Waals surface area contributed by atoms with Crippen LogP contribution in [0.3, 0.4) is 0 Å². The first-order chi connectivity index (χ1) is 6.33. The fourth-order valence-corrected chi connectivity index (χ4v) is 1.96. The molecule has 0 saturated heterocycles. The van der Waals surface area contributed by atoms with Gasteiger partial charge in [-0.1, -0.05) is 32.0 Å². The highest BCUT2D eigenvalue weighted by Gasteiger charge is 2.16. The van der Waals surface area contributed by atoms with Gasteiger partial charge in [-0.25, -0.2) is 0 Å². The highest BCUT2D eigenvalue weighted by molar-refractivity contribution is 5.34. The first-order valence-corrected chi connectivity index (χ1v) is 5.16. The van der Waals surface area contributed by atoms with Crippen LogP contribution in [0.2, 0.25) is 0 Å². The summed E-state index contributed by atoms with van der Waals surface area (Å²) in [4.78, 5) is 2.48. The Morgan fingerprint density at radius 2 is 1.92 bits per heavy atom. The molecule has 1 aromatic carbocycles. The van der Waals surface area contributed by atoms with E-state index >= 15 is 0 Å². The van der Waals surface area contributed by atoms with Gasteiger partial charge < -0.3 is 0 Å². The zero-order chi connectivity index (χ0) is 9.26. The zero-order valence-corrected chi connectivity index (χ0v) is 8.51. The summed E-state index contributed by atoms with van der Waals surface area (Å²) < 4.78 is 0. The van der Waals surface area contributed by atoms with Crippen LogP contribution in [0.4, 0.5) is 0 Å². The van der Waals surface area contributed by atoms with Crippen LogP contribution in [0.25, 0.3) is 0 Å². The van der Waals surface area contributed by atoms with Crippen LogP contribution < -0.4 is 0 Å². The maximum atomic E-state index is 2.48. The van der Waals surface area contributed by atoms with E-state index in [1.807, 2.05) is 0 Å². The minimum Gasteiger partial charge on any atom is -0.295 e. The number of rotatable bonds is 2. The number of nitrogens with zero attached hydrogens (tertiary/aromatic N) is 1. The fraction of sp³-hybridized carbons (Fsp3) is 0.500. The summed E-state index contributed by atoms with van der Waals surface area (Å²) in [5, 5.41) is 0. The summed E-state index contributed by atoms with van der Waals surface area (Å²) in [7, 11) is 0. The topological polar surface area (TPSA) is 3.24 Å². The van der Waals surface area contributed by atoms with Gasteiger partial charge in [-0.3, -0.25) is 4.90 Å². The minimum absolute atomic E-state index is 1.15. The highest BCUT2D eigenvalue weighted by atomic mass is 15.1. The molecule has 1 nitrogen and oxygen atoms in total. The van der Waals surface area contributed by atoms with Gasteiger partial charge in [0.2, 0.25) is 0 Å². The van der Waals surface area contributed by atoms with E-state index in [1.54, 1.807) is 5.56 Å². The van der Waals surface area contributed by atoms with Crippen molar-refractivity contribution in [2.24, 2.45) is 0 Å². The van der Waals surface area contributed by atoms with Gasteiger partial charge in [0.15, 0.2) is 0 Å². The molecule has 0 bridgehead atoms. The van der Waals surface area contributed by atoms with Crippen molar-refractivity contribution in [2.45, 2.75) is 33.4 Å². The number of aryl methyl sites for hydroxylation is 1. The van der Waals surface area contributed by atoms with Crippen LogP contribution in [-0.4, -0.2) is 11.4 Å². The SMILES string of the molecule is CCc1ccc2c(c1)CN(CC)C2. The van der Waals surface area contributed by atoms with Crippen LogP contribution >= 0.6 is 0 Å². The maximum Gasteiger partial charge on any atom is 0.0240 e. The van der Waals surface area contributed by atoms with Gasteiger partial charge >= 0.3 is 0 Å². The number of hydrogen-bond donors (Lipinski definition) is 0. The van der Waals surface area contributed by atoms with Gasteiger partial charge in [-0.15, -0.1) is 0 Å². The molecule has 0 aliphatic carbocycles. The Morgan fingerprint density at radius 3 is 2.62 bits per heavy atom. The Bertz CT molecular complexity index is 304. The summed E-state index contributed by atoms with van der Waals surface area (Å²) in [6.45, 7) is 7.91. The zero-order valence-electron chi connectivity index (χ0n) is 8.51. The molecule has 0 radical (unpaired) electrons. The largest absolute Gasteiger partial charge is 0.295 e. The predicted octanol–water partition coefficient (Wildman–Crippen LogP) is 2.58. The lowest BCUT2D eigenvalue weighted by molar-refractivity contribution is 0.301. The molecule has 0 fully saturated rings. The molecule has 0 unspecified atom stereocenters. The van der Waals surface area contributed by atoms with Crippen molar-refractivity contribution in [3.63, 3.8) is 0 Å². The molecule has 0 amide bonds. The van der Waals surface area contributed by atoms with E-state index in [9.17, 15) is 0 Å². The summed E-state index contributed by atoms with van der Waals surface area (Å²) in [5.41, 5.74) is 4.54. The molecule has 1 aromatic rings. The summed E-state index contributed by atoms with van der Waals surface area (Å²) in [6, 6.07) is 6.92. The summed E-state index contributed by atoms with van der Waals surface area (Å²) in [6.07, 6.45) is 1.15. The molecule has 0 spiro atoms. The molecular weight excluding hydrogens is 158 g/mol. The molecule has 0 aromatic heterocycles. The van der Waals surface area contributed by atoms with Crippen LogP contribution in [0.1, 0.15) is 30.5 Å². The lowest BCUT2D eigenvalue weighted by Gasteiger charge is -2.09. The Balaban J connectivity index is 2.25. The van der Waals surface area contributed by atoms with E-state index in [-0.39, 0.29) is 0 Å². The normalized spacial score (nSPS) is 16.2. The molecule has 1 heteroatoms. The Morgan fingerprint density at radius 1 is 1.15 bits per heavy atom. The third kappa shape index (κ3) is 1.61. The molecule has 2 rings (SSSR count). The monoisotopic (exact) mass is 175 g/mol. The van der Waals surface area contributed by atoms with E-state index in [2.05, 4.69) is 36.9 Å². The van der Waals surface area contributed by atoms with E-state index in [0.29, 0.717) is 0 Å². The molecule has 0 saturated carbocycles. The Kier molecular flexibility index (Phi) is 2.36. The molecule has 0 atom stereocenters. The molecule has 1 aliphatic rings. The first-order valence-electron chi connectivity index (χ1n) is 5.16. The average Bonchev–Trinajstić information content (AvgIpc) is 2.58. The highest BCUT2D eigenvalue weighted by Crippen LogP contribution is 2.23. The molecule has 1 aliphatic heterocycles. The third-order valence-electron chi connectivity index (χ3n) is 2.91. The van der Waals surface area contributed by atoms with Crippen LogP contribution in [-0.2, 0) is 19.5 Å². The number of benzene rings is 1.